The monoisotopic (exact) mass is 325 g/mol. The molecule has 1 N–H and O–H groups in total. The van der Waals surface area contributed by atoms with Crippen LogP contribution in [0.4, 0.5) is 5.69 Å². The second-order valence-electron chi connectivity index (χ2n) is 4.20. The highest BCUT2D eigenvalue weighted by Crippen LogP contribution is 2.24. The van der Waals surface area contributed by atoms with Gasteiger partial charge in [-0.2, -0.15) is 4.37 Å². The molecule has 0 atom stereocenters. The maximum absolute atomic E-state index is 11.9. The minimum absolute atomic E-state index is 0.0251. The number of aromatic nitrogens is 2. The number of carbonyl (C=O) groups is 1. The van der Waals surface area contributed by atoms with Gasteiger partial charge in [0.15, 0.2) is 4.34 Å². The normalized spacial score (nSPS) is 10.6. The summed E-state index contributed by atoms with van der Waals surface area (Å²) in [5, 5.41) is 3.68. The van der Waals surface area contributed by atoms with E-state index in [2.05, 4.69) is 20.7 Å². The van der Waals surface area contributed by atoms with E-state index in [1.165, 1.54) is 40.6 Å². The maximum Gasteiger partial charge on any atom is 0.234 e. The predicted octanol–water partition coefficient (Wildman–Crippen LogP) is 3.61. The first-order valence-corrected chi connectivity index (χ1v) is 8.94. The molecule has 2 rings (SSSR count). The molecule has 0 aliphatic heterocycles. The third-order valence-corrected chi connectivity index (χ3v) is 5.05. The zero-order valence-corrected chi connectivity index (χ0v) is 13.9. The van der Waals surface area contributed by atoms with Crippen molar-refractivity contribution in [3.8, 4) is 0 Å². The third kappa shape index (κ3) is 4.22. The van der Waals surface area contributed by atoms with Gasteiger partial charge in [0, 0.05) is 5.69 Å². The molecule has 0 fully saturated rings. The lowest BCUT2D eigenvalue weighted by Gasteiger charge is -2.08. The summed E-state index contributed by atoms with van der Waals surface area (Å²) < 4.78 is 4.99. The molecule has 1 heterocycles. The fraction of sp³-hybridized carbons (Fsp3) is 0.308. The van der Waals surface area contributed by atoms with Gasteiger partial charge in [-0.05, 0) is 43.3 Å². The van der Waals surface area contributed by atoms with Crippen LogP contribution in [0.3, 0.4) is 0 Å². The van der Waals surface area contributed by atoms with Crippen molar-refractivity contribution in [2.45, 2.75) is 23.3 Å². The second kappa shape index (κ2) is 7.10. The van der Waals surface area contributed by atoms with E-state index in [1.807, 2.05) is 32.2 Å². The molecule has 0 unspecified atom stereocenters. The van der Waals surface area contributed by atoms with Crippen LogP contribution in [0.2, 0.25) is 0 Å². The molecule has 4 nitrogen and oxygen atoms in total. The average molecular weight is 325 g/mol. The Morgan fingerprint density at radius 1 is 1.40 bits per heavy atom. The molecule has 0 aliphatic carbocycles. The Balaban J connectivity index is 1.89. The zero-order chi connectivity index (χ0) is 14.5. The lowest BCUT2D eigenvalue weighted by Crippen LogP contribution is -2.14. The molecule has 7 heteroatoms. The van der Waals surface area contributed by atoms with E-state index in [0.717, 1.165) is 20.7 Å². The molecule has 0 saturated heterocycles. The van der Waals surface area contributed by atoms with Crippen LogP contribution in [0.1, 0.15) is 11.1 Å². The summed E-state index contributed by atoms with van der Waals surface area (Å²) in [6, 6.07) is 5.98. The summed E-state index contributed by atoms with van der Waals surface area (Å²) in [7, 11) is 0. The molecule has 1 aromatic carbocycles. The molecule has 0 aliphatic rings. The number of nitrogens with one attached hydrogen (secondary N) is 1. The first-order valence-electron chi connectivity index (χ1n) is 5.96. The number of benzene rings is 1. The Morgan fingerprint density at radius 3 is 2.85 bits per heavy atom. The molecule has 20 heavy (non-hydrogen) atoms. The number of nitrogens with zero attached hydrogens (tertiary/aromatic N) is 2. The molecule has 0 spiro atoms. The average Bonchev–Trinajstić information content (AvgIpc) is 2.88. The van der Waals surface area contributed by atoms with Gasteiger partial charge in [-0.25, -0.2) is 4.98 Å². The minimum atomic E-state index is -0.0251. The standard InChI is InChI=1S/C13H15N3OS3/c1-8-4-5-10(9(2)6-8)14-11(17)7-19-13-15-12(18-3)16-20-13/h4-6H,7H2,1-3H3,(H,14,17). The lowest BCUT2D eigenvalue weighted by molar-refractivity contribution is -0.113. The Kier molecular flexibility index (Phi) is 5.45. The number of thioether (sulfide) groups is 2. The van der Waals surface area contributed by atoms with Crippen molar-refractivity contribution >= 4 is 46.7 Å². The lowest BCUT2D eigenvalue weighted by atomic mass is 10.1. The van der Waals surface area contributed by atoms with Crippen LogP contribution in [-0.4, -0.2) is 27.3 Å². The maximum atomic E-state index is 11.9. The topological polar surface area (TPSA) is 54.9 Å². The Bertz CT molecular complexity index is 613. The summed E-state index contributed by atoms with van der Waals surface area (Å²) in [5.41, 5.74) is 3.13. The fourth-order valence-electron chi connectivity index (χ4n) is 1.61. The highest BCUT2D eigenvalue weighted by atomic mass is 32.2. The van der Waals surface area contributed by atoms with Gasteiger partial charge in [-0.15, -0.1) is 0 Å². The third-order valence-electron chi connectivity index (χ3n) is 2.55. The number of aryl methyl sites for hydroxylation is 2. The van der Waals surface area contributed by atoms with Crippen molar-refractivity contribution in [1.82, 2.24) is 9.36 Å². The number of amides is 1. The van der Waals surface area contributed by atoms with Crippen molar-refractivity contribution in [2.75, 3.05) is 17.3 Å². The van der Waals surface area contributed by atoms with Gasteiger partial charge in [0.1, 0.15) is 0 Å². The Morgan fingerprint density at radius 2 is 2.20 bits per heavy atom. The molecular formula is C13H15N3OS3. The van der Waals surface area contributed by atoms with E-state index in [4.69, 9.17) is 0 Å². The SMILES string of the molecule is CSc1nsc(SCC(=O)Nc2ccc(C)cc2C)n1. The Labute approximate surface area is 130 Å². The van der Waals surface area contributed by atoms with Crippen LogP contribution in [0, 0.1) is 13.8 Å². The van der Waals surface area contributed by atoms with E-state index in [0.29, 0.717) is 5.75 Å². The van der Waals surface area contributed by atoms with Gasteiger partial charge in [-0.3, -0.25) is 4.79 Å². The van der Waals surface area contributed by atoms with Crippen LogP contribution in [0.5, 0.6) is 0 Å². The first-order chi connectivity index (χ1) is 9.58. The molecule has 1 amide bonds. The van der Waals surface area contributed by atoms with Gasteiger partial charge < -0.3 is 5.32 Å². The number of hydrogen-bond donors (Lipinski definition) is 1. The van der Waals surface area contributed by atoms with Gasteiger partial charge in [-0.1, -0.05) is 41.2 Å². The highest BCUT2D eigenvalue weighted by Gasteiger charge is 2.09. The number of rotatable bonds is 5. The zero-order valence-electron chi connectivity index (χ0n) is 11.5. The van der Waals surface area contributed by atoms with Gasteiger partial charge >= 0.3 is 0 Å². The van der Waals surface area contributed by atoms with Crippen LogP contribution in [0.25, 0.3) is 0 Å². The summed E-state index contributed by atoms with van der Waals surface area (Å²) in [4.78, 5) is 16.2. The van der Waals surface area contributed by atoms with Crippen molar-refractivity contribution < 1.29 is 4.79 Å². The highest BCUT2D eigenvalue weighted by molar-refractivity contribution is 8.01. The van der Waals surface area contributed by atoms with Gasteiger partial charge in [0.25, 0.3) is 0 Å². The summed E-state index contributed by atoms with van der Waals surface area (Å²) >= 11 is 4.25. The fourth-order valence-corrected chi connectivity index (χ4v) is 3.62. The van der Waals surface area contributed by atoms with Crippen molar-refractivity contribution in [3.63, 3.8) is 0 Å². The number of anilines is 1. The molecule has 106 valence electrons. The van der Waals surface area contributed by atoms with E-state index >= 15 is 0 Å². The van der Waals surface area contributed by atoms with Gasteiger partial charge in [0.2, 0.25) is 11.1 Å². The number of carbonyl (C=O) groups excluding carboxylic acids is 1. The summed E-state index contributed by atoms with van der Waals surface area (Å²) in [6.45, 7) is 4.03. The molecule has 2 aromatic rings. The van der Waals surface area contributed by atoms with Gasteiger partial charge in [0.05, 0.1) is 5.75 Å². The smallest absolute Gasteiger partial charge is 0.234 e. The second-order valence-corrected chi connectivity index (χ2v) is 6.95. The molecule has 0 radical (unpaired) electrons. The van der Waals surface area contributed by atoms with Crippen molar-refractivity contribution in [1.29, 1.82) is 0 Å². The van der Waals surface area contributed by atoms with E-state index < -0.39 is 0 Å². The van der Waals surface area contributed by atoms with E-state index in [1.54, 1.807) is 0 Å². The van der Waals surface area contributed by atoms with E-state index in [9.17, 15) is 4.79 Å². The summed E-state index contributed by atoms with van der Waals surface area (Å²) in [6.07, 6.45) is 1.93. The quantitative estimate of drug-likeness (QED) is 0.851. The first kappa shape index (κ1) is 15.3. The summed E-state index contributed by atoms with van der Waals surface area (Å²) in [5.74, 6) is 0.318. The van der Waals surface area contributed by atoms with Crippen LogP contribution in [-0.2, 0) is 4.79 Å². The van der Waals surface area contributed by atoms with Crippen LogP contribution in [0.15, 0.2) is 27.7 Å². The number of hydrogen-bond acceptors (Lipinski definition) is 6. The minimum Gasteiger partial charge on any atom is -0.325 e. The van der Waals surface area contributed by atoms with Crippen molar-refractivity contribution in [3.05, 3.63) is 29.3 Å². The molecular weight excluding hydrogens is 310 g/mol. The Hall–Kier alpha value is -1.05. The molecule has 1 aromatic heterocycles. The van der Waals surface area contributed by atoms with Crippen LogP contribution < -0.4 is 5.32 Å². The van der Waals surface area contributed by atoms with Crippen molar-refractivity contribution in [2.24, 2.45) is 0 Å². The predicted molar refractivity (Wildman–Crippen MR) is 87.0 cm³/mol. The van der Waals surface area contributed by atoms with Crippen LogP contribution >= 0.6 is 35.1 Å². The molecule has 0 saturated carbocycles. The molecule has 0 bridgehead atoms. The van der Waals surface area contributed by atoms with E-state index in [-0.39, 0.29) is 5.91 Å². The largest absolute Gasteiger partial charge is 0.325 e.